The lowest BCUT2D eigenvalue weighted by Gasteiger charge is -2.06. The van der Waals surface area contributed by atoms with Crippen LogP contribution in [0.25, 0.3) is 0 Å². The number of carbonyl (C=O) groups is 2. The van der Waals surface area contributed by atoms with Crippen molar-refractivity contribution in [1.29, 1.82) is 0 Å². The zero-order chi connectivity index (χ0) is 13.8. The fourth-order valence-corrected chi connectivity index (χ4v) is 1.85. The minimum absolute atomic E-state index is 0.0753. The molecule has 2 N–H and O–H groups in total. The molecule has 0 bridgehead atoms. The standard InChI is InChI=1S/C12H8BrClN2O3/c13-10-6-5-9(19-10)12(18)16-15-11(17)7-3-1-2-4-8(7)14/h1-6H,(H,15,17)(H,16,18). The maximum absolute atomic E-state index is 11.8. The fraction of sp³-hybridized carbons (Fsp3) is 0. The maximum atomic E-state index is 11.8. The van der Waals surface area contributed by atoms with Crippen molar-refractivity contribution in [3.05, 3.63) is 57.4 Å². The van der Waals surface area contributed by atoms with Gasteiger partial charge in [0.25, 0.3) is 5.91 Å². The zero-order valence-corrected chi connectivity index (χ0v) is 11.8. The first-order chi connectivity index (χ1) is 9.08. The third kappa shape index (κ3) is 3.36. The highest BCUT2D eigenvalue weighted by Gasteiger charge is 2.13. The molecule has 0 aliphatic heterocycles. The summed E-state index contributed by atoms with van der Waals surface area (Å²) in [4.78, 5) is 23.4. The molecule has 0 aliphatic carbocycles. The lowest BCUT2D eigenvalue weighted by Crippen LogP contribution is -2.41. The van der Waals surface area contributed by atoms with E-state index in [2.05, 4.69) is 26.8 Å². The predicted molar refractivity (Wildman–Crippen MR) is 72.8 cm³/mol. The van der Waals surface area contributed by atoms with Crippen molar-refractivity contribution >= 4 is 39.3 Å². The van der Waals surface area contributed by atoms with E-state index in [4.69, 9.17) is 16.0 Å². The van der Waals surface area contributed by atoms with Crippen LogP contribution in [0.2, 0.25) is 5.02 Å². The molecule has 0 fully saturated rings. The van der Waals surface area contributed by atoms with Crippen LogP contribution in [0.1, 0.15) is 20.9 Å². The number of amides is 2. The molecule has 2 rings (SSSR count). The average Bonchev–Trinajstić information content (AvgIpc) is 2.83. The number of furan rings is 1. The third-order valence-corrected chi connectivity index (χ3v) is 2.96. The normalized spacial score (nSPS) is 10.0. The summed E-state index contributed by atoms with van der Waals surface area (Å²) in [6, 6.07) is 9.56. The maximum Gasteiger partial charge on any atom is 0.305 e. The molecule has 2 aromatic rings. The summed E-state index contributed by atoms with van der Waals surface area (Å²) in [5.41, 5.74) is 4.74. The topological polar surface area (TPSA) is 71.3 Å². The van der Waals surface area contributed by atoms with E-state index < -0.39 is 11.8 Å². The molecule has 1 aromatic carbocycles. The van der Waals surface area contributed by atoms with Crippen LogP contribution in [0, 0.1) is 0 Å². The molecule has 0 aliphatic rings. The Morgan fingerprint density at radius 1 is 1.05 bits per heavy atom. The smallest absolute Gasteiger partial charge is 0.305 e. The minimum Gasteiger partial charge on any atom is -0.444 e. The van der Waals surface area contributed by atoms with Gasteiger partial charge in [0.2, 0.25) is 0 Å². The molecular formula is C12H8BrClN2O3. The van der Waals surface area contributed by atoms with Gasteiger partial charge in [-0.25, -0.2) is 0 Å². The molecule has 7 heteroatoms. The van der Waals surface area contributed by atoms with Crippen molar-refractivity contribution in [3.63, 3.8) is 0 Å². The molecule has 0 radical (unpaired) electrons. The van der Waals surface area contributed by atoms with Crippen LogP contribution in [0.4, 0.5) is 0 Å². The Morgan fingerprint density at radius 2 is 1.74 bits per heavy atom. The van der Waals surface area contributed by atoms with Crippen molar-refractivity contribution in [1.82, 2.24) is 10.9 Å². The predicted octanol–water partition coefficient (Wildman–Crippen LogP) is 2.77. The lowest BCUT2D eigenvalue weighted by atomic mass is 10.2. The summed E-state index contributed by atoms with van der Waals surface area (Å²) in [6.45, 7) is 0. The first kappa shape index (κ1) is 13.6. The number of halogens is 2. The van der Waals surface area contributed by atoms with Gasteiger partial charge in [0.1, 0.15) is 0 Å². The van der Waals surface area contributed by atoms with Gasteiger partial charge in [-0.15, -0.1) is 0 Å². The first-order valence-corrected chi connectivity index (χ1v) is 6.35. The van der Waals surface area contributed by atoms with Crippen LogP contribution in [-0.4, -0.2) is 11.8 Å². The third-order valence-electron chi connectivity index (χ3n) is 2.21. The van der Waals surface area contributed by atoms with E-state index in [0.29, 0.717) is 9.69 Å². The lowest BCUT2D eigenvalue weighted by molar-refractivity contribution is 0.0830. The van der Waals surface area contributed by atoms with Crippen LogP contribution in [-0.2, 0) is 0 Å². The van der Waals surface area contributed by atoms with Gasteiger partial charge in [-0.3, -0.25) is 20.4 Å². The molecule has 1 heterocycles. The summed E-state index contributed by atoms with van der Waals surface area (Å²) in [6.07, 6.45) is 0. The van der Waals surface area contributed by atoms with Crippen molar-refractivity contribution in [2.45, 2.75) is 0 Å². The van der Waals surface area contributed by atoms with Gasteiger partial charge in [-0.1, -0.05) is 23.7 Å². The minimum atomic E-state index is -0.564. The largest absolute Gasteiger partial charge is 0.444 e. The monoisotopic (exact) mass is 342 g/mol. The Labute approximate surface area is 122 Å². The summed E-state index contributed by atoms with van der Waals surface area (Å²) in [5, 5.41) is 0.301. The Balaban J connectivity index is 1.98. The Morgan fingerprint density at radius 3 is 2.37 bits per heavy atom. The highest BCUT2D eigenvalue weighted by molar-refractivity contribution is 9.10. The second kappa shape index (κ2) is 5.90. The number of nitrogens with one attached hydrogen (secondary N) is 2. The number of carbonyl (C=O) groups excluding carboxylic acids is 2. The number of rotatable bonds is 2. The average molecular weight is 344 g/mol. The fourth-order valence-electron chi connectivity index (χ4n) is 1.32. The Hall–Kier alpha value is -1.79. The van der Waals surface area contributed by atoms with Gasteiger partial charge >= 0.3 is 5.91 Å². The number of hydrogen-bond acceptors (Lipinski definition) is 3. The Bertz CT molecular complexity index is 627. The van der Waals surface area contributed by atoms with Crippen molar-refractivity contribution in [2.24, 2.45) is 0 Å². The second-order valence-corrected chi connectivity index (χ2v) is 4.68. The molecule has 2 amide bonds. The van der Waals surface area contributed by atoms with E-state index in [1.54, 1.807) is 30.3 Å². The summed E-state index contributed by atoms with van der Waals surface area (Å²) in [7, 11) is 0. The van der Waals surface area contributed by atoms with Gasteiger partial charge in [0.05, 0.1) is 10.6 Å². The molecule has 0 saturated carbocycles. The SMILES string of the molecule is O=C(NNC(=O)c1ccccc1Cl)c1ccc(Br)o1. The number of hydrazine groups is 1. The summed E-state index contributed by atoms with van der Waals surface area (Å²) < 4.78 is 5.46. The van der Waals surface area contributed by atoms with E-state index in [1.165, 1.54) is 6.07 Å². The van der Waals surface area contributed by atoms with Crippen LogP contribution in [0.3, 0.4) is 0 Å². The van der Waals surface area contributed by atoms with Gasteiger partial charge < -0.3 is 4.42 Å². The van der Waals surface area contributed by atoms with Crippen molar-refractivity contribution < 1.29 is 14.0 Å². The van der Waals surface area contributed by atoms with Gasteiger partial charge in [-0.2, -0.15) is 0 Å². The molecule has 0 saturated heterocycles. The quantitative estimate of drug-likeness (QED) is 0.824. The van der Waals surface area contributed by atoms with Crippen molar-refractivity contribution in [2.75, 3.05) is 0 Å². The van der Waals surface area contributed by atoms with E-state index >= 15 is 0 Å². The number of benzene rings is 1. The highest BCUT2D eigenvalue weighted by atomic mass is 79.9. The molecule has 5 nitrogen and oxygen atoms in total. The molecule has 0 unspecified atom stereocenters. The van der Waals surface area contributed by atoms with Gasteiger partial charge in [0.15, 0.2) is 10.4 Å². The molecular weight excluding hydrogens is 336 g/mol. The molecule has 1 aromatic heterocycles. The highest BCUT2D eigenvalue weighted by Crippen LogP contribution is 2.15. The number of hydrogen-bond donors (Lipinski definition) is 2. The van der Waals surface area contributed by atoms with E-state index in [-0.39, 0.29) is 11.3 Å². The van der Waals surface area contributed by atoms with E-state index in [1.807, 2.05) is 0 Å². The molecule has 0 spiro atoms. The first-order valence-electron chi connectivity index (χ1n) is 5.18. The van der Waals surface area contributed by atoms with Crippen LogP contribution in [0.5, 0.6) is 0 Å². The van der Waals surface area contributed by atoms with Crippen molar-refractivity contribution in [3.8, 4) is 0 Å². The van der Waals surface area contributed by atoms with Gasteiger partial charge in [0, 0.05) is 0 Å². The van der Waals surface area contributed by atoms with Crippen LogP contribution >= 0.6 is 27.5 Å². The summed E-state index contributed by atoms with van der Waals surface area (Å²) >= 11 is 8.93. The van der Waals surface area contributed by atoms with Gasteiger partial charge in [-0.05, 0) is 40.2 Å². The second-order valence-electron chi connectivity index (χ2n) is 3.49. The van der Waals surface area contributed by atoms with Crippen LogP contribution < -0.4 is 10.9 Å². The molecule has 98 valence electrons. The zero-order valence-electron chi connectivity index (χ0n) is 9.44. The molecule has 0 atom stereocenters. The van der Waals surface area contributed by atoms with E-state index in [0.717, 1.165) is 0 Å². The van der Waals surface area contributed by atoms with E-state index in [9.17, 15) is 9.59 Å². The van der Waals surface area contributed by atoms with Crippen LogP contribution in [0.15, 0.2) is 45.5 Å². The molecule has 19 heavy (non-hydrogen) atoms. The summed E-state index contributed by atoms with van der Waals surface area (Å²) in [5.74, 6) is -0.998. The Kier molecular flexibility index (Phi) is 4.24.